The molecule has 2 aromatic carbocycles. The van der Waals surface area contributed by atoms with Gasteiger partial charge >= 0.3 is 0 Å². The molecular formula is C29H29NO2. The monoisotopic (exact) mass is 423 g/mol. The molecule has 0 radical (unpaired) electrons. The van der Waals surface area contributed by atoms with Crippen molar-refractivity contribution in [3.63, 3.8) is 0 Å². The van der Waals surface area contributed by atoms with E-state index in [1.54, 1.807) is 37.3 Å². The van der Waals surface area contributed by atoms with Gasteiger partial charge in [0.2, 0.25) is 0 Å². The van der Waals surface area contributed by atoms with E-state index < -0.39 is 0 Å². The number of aliphatic hydroxyl groups is 1. The van der Waals surface area contributed by atoms with Crippen LogP contribution in [0.25, 0.3) is 11.1 Å². The van der Waals surface area contributed by atoms with Crippen molar-refractivity contribution < 1.29 is 9.90 Å². The number of allylic oxidation sites excluding steroid dienone is 11. The maximum Gasteiger partial charge on any atom is 0.255 e. The molecule has 0 aromatic heterocycles. The molecule has 32 heavy (non-hydrogen) atoms. The molecule has 0 spiro atoms. The van der Waals surface area contributed by atoms with E-state index in [-0.39, 0.29) is 11.7 Å². The van der Waals surface area contributed by atoms with E-state index in [0.717, 1.165) is 28.8 Å². The Labute approximate surface area is 190 Å². The number of hydrogen-bond acceptors (Lipinski definition) is 2. The Balaban J connectivity index is 1.80. The first-order valence-electron chi connectivity index (χ1n) is 10.7. The lowest BCUT2D eigenvalue weighted by atomic mass is 9.94. The number of anilines is 1. The van der Waals surface area contributed by atoms with Crippen LogP contribution < -0.4 is 5.32 Å². The molecule has 0 saturated carbocycles. The minimum Gasteiger partial charge on any atom is -0.513 e. The van der Waals surface area contributed by atoms with Crippen molar-refractivity contribution in [1.82, 2.24) is 0 Å². The highest BCUT2D eigenvalue weighted by molar-refractivity contribution is 6.04. The second-order valence-electron chi connectivity index (χ2n) is 7.83. The van der Waals surface area contributed by atoms with Gasteiger partial charge in [-0.3, -0.25) is 4.79 Å². The highest BCUT2D eigenvalue weighted by atomic mass is 16.3. The molecule has 162 valence electrons. The molecule has 0 fully saturated rings. The number of benzene rings is 2. The number of rotatable bonds is 6. The molecule has 0 heterocycles. The summed E-state index contributed by atoms with van der Waals surface area (Å²) in [5, 5.41) is 12.4. The molecule has 3 nitrogen and oxygen atoms in total. The number of amides is 1. The highest BCUT2D eigenvalue weighted by Crippen LogP contribution is 2.31. The van der Waals surface area contributed by atoms with E-state index in [2.05, 4.69) is 50.0 Å². The Kier molecular flexibility index (Phi) is 7.45. The van der Waals surface area contributed by atoms with E-state index in [1.807, 2.05) is 30.3 Å². The van der Waals surface area contributed by atoms with Crippen LogP contribution in [0, 0.1) is 0 Å². The molecule has 0 unspecified atom stereocenters. The first-order valence-corrected chi connectivity index (χ1v) is 10.7. The Bertz CT molecular complexity index is 1170. The average Bonchev–Trinajstić information content (AvgIpc) is 2.94. The predicted molar refractivity (Wildman–Crippen MR) is 136 cm³/mol. The van der Waals surface area contributed by atoms with E-state index in [1.165, 1.54) is 16.7 Å². The molecule has 3 rings (SSSR count). The van der Waals surface area contributed by atoms with Gasteiger partial charge in [-0.25, -0.2) is 0 Å². The van der Waals surface area contributed by atoms with Crippen LogP contribution in [0.1, 0.15) is 48.7 Å². The smallest absolute Gasteiger partial charge is 0.255 e. The molecule has 0 saturated heterocycles. The lowest BCUT2D eigenvalue weighted by Gasteiger charge is -2.13. The fourth-order valence-corrected chi connectivity index (χ4v) is 3.70. The van der Waals surface area contributed by atoms with Crippen molar-refractivity contribution in [1.29, 1.82) is 0 Å². The first-order chi connectivity index (χ1) is 15.4. The molecule has 0 atom stereocenters. The third kappa shape index (κ3) is 5.64. The first kappa shape index (κ1) is 22.8. The van der Waals surface area contributed by atoms with Crippen molar-refractivity contribution in [2.24, 2.45) is 0 Å². The van der Waals surface area contributed by atoms with Gasteiger partial charge in [-0.1, -0.05) is 61.2 Å². The third-order valence-corrected chi connectivity index (χ3v) is 5.33. The van der Waals surface area contributed by atoms with Gasteiger partial charge in [0.15, 0.2) is 0 Å². The predicted octanol–water partition coefficient (Wildman–Crippen LogP) is 7.65. The molecule has 3 heteroatoms. The van der Waals surface area contributed by atoms with Crippen molar-refractivity contribution in [2.75, 3.05) is 5.32 Å². The van der Waals surface area contributed by atoms with Gasteiger partial charge in [-0.2, -0.15) is 0 Å². The summed E-state index contributed by atoms with van der Waals surface area (Å²) in [4.78, 5) is 12.8. The molecule has 1 aliphatic rings. The second kappa shape index (κ2) is 10.5. The third-order valence-electron chi connectivity index (χ3n) is 5.33. The highest BCUT2D eigenvalue weighted by Gasteiger charge is 2.11. The van der Waals surface area contributed by atoms with E-state index in [0.29, 0.717) is 5.56 Å². The normalized spacial score (nSPS) is 14.7. The molecule has 0 bridgehead atoms. The van der Waals surface area contributed by atoms with Gasteiger partial charge in [0.05, 0.1) is 5.76 Å². The zero-order valence-electron chi connectivity index (χ0n) is 18.9. The maximum atomic E-state index is 12.8. The maximum absolute atomic E-state index is 12.8. The fraction of sp³-hybridized carbons (Fsp3) is 0.138. The average molecular weight is 424 g/mol. The Morgan fingerprint density at radius 2 is 1.78 bits per heavy atom. The summed E-state index contributed by atoms with van der Waals surface area (Å²) < 4.78 is 0. The van der Waals surface area contributed by atoms with E-state index in [9.17, 15) is 9.90 Å². The molecule has 1 amide bonds. The Morgan fingerprint density at radius 1 is 1.06 bits per heavy atom. The fourth-order valence-electron chi connectivity index (χ4n) is 3.70. The summed E-state index contributed by atoms with van der Waals surface area (Å²) in [5.74, 6) is 0.0572. The largest absolute Gasteiger partial charge is 0.513 e. The second-order valence-corrected chi connectivity index (χ2v) is 7.83. The minimum absolute atomic E-state index is 0.164. The molecule has 0 aliphatic heterocycles. The van der Waals surface area contributed by atoms with Crippen LogP contribution >= 0.6 is 0 Å². The number of carbonyl (C=O) groups is 1. The van der Waals surface area contributed by atoms with E-state index >= 15 is 0 Å². The molecular weight excluding hydrogens is 394 g/mol. The summed E-state index contributed by atoms with van der Waals surface area (Å²) in [5.41, 5.74) is 7.86. The molecule has 2 N–H and O–H groups in total. The minimum atomic E-state index is -0.164. The van der Waals surface area contributed by atoms with Crippen molar-refractivity contribution in [3.05, 3.63) is 125 Å². The topological polar surface area (TPSA) is 49.3 Å². The lowest BCUT2D eigenvalue weighted by Crippen LogP contribution is -2.12. The van der Waals surface area contributed by atoms with Crippen LogP contribution in [0.2, 0.25) is 0 Å². The number of hydrogen-bond donors (Lipinski definition) is 2. The summed E-state index contributed by atoms with van der Waals surface area (Å²) in [7, 11) is 0. The van der Waals surface area contributed by atoms with E-state index in [4.69, 9.17) is 0 Å². The SMILES string of the molecule is C=C/C(=C\C=C(/C)O)c1ccc(C(=O)Nc2cccc(C3=C(C)C=CCC=C3C)c2)cc1. The van der Waals surface area contributed by atoms with Gasteiger partial charge in [0, 0.05) is 11.3 Å². The number of carbonyl (C=O) groups excluding carboxylic acids is 1. The standard InChI is InChI=1S/C29H29NO2/c1-5-23(14-13-22(4)31)24-15-17-25(18-16-24)29(32)30-27-12-8-11-26(19-27)28-20(2)9-6-7-10-21(28)3/h5-6,8-19,31H,1,7H2,2-4H3,(H,30,32)/b22-13+,23-14+. The Hall–Kier alpha value is -3.85. The number of nitrogens with one attached hydrogen (secondary N) is 1. The lowest BCUT2D eigenvalue weighted by molar-refractivity contribution is 0.102. The van der Waals surface area contributed by atoms with Crippen LogP contribution in [0.3, 0.4) is 0 Å². The quantitative estimate of drug-likeness (QED) is 0.370. The van der Waals surface area contributed by atoms with Crippen LogP contribution in [0.5, 0.6) is 0 Å². The molecule has 1 aliphatic carbocycles. The zero-order chi connectivity index (χ0) is 23.1. The van der Waals surface area contributed by atoms with Crippen molar-refractivity contribution in [3.8, 4) is 0 Å². The van der Waals surface area contributed by atoms with Gasteiger partial charge in [-0.15, -0.1) is 0 Å². The van der Waals surface area contributed by atoms with Gasteiger partial charge in [0.25, 0.3) is 5.91 Å². The summed E-state index contributed by atoms with van der Waals surface area (Å²) in [6, 6.07) is 15.3. The zero-order valence-corrected chi connectivity index (χ0v) is 18.9. The van der Waals surface area contributed by atoms with Crippen molar-refractivity contribution in [2.45, 2.75) is 27.2 Å². The van der Waals surface area contributed by atoms with Gasteiger partial charge in [-0.05, 0) is 91.0 Å². The number of aliphatic hydroxyl groups excluding tert-OH is 1. The van der Waals surface area contributed by atoms with Gasteiger partial charge in [0.1, 0.15) is 0 Å². The summed E-state index contributed by atoms with van der Waals surface area (Å²) >= 11 is 0. The van der Waals surface area contributed by atoms with Gasteiger partial charge < -0.3 is 10.4 Å². The summed E-state index contributed by atoms with van der Waals surface area (Å²) in [6.45, 7) is 9.68. The van der Waals surface area contributed by atoms with Crippen LogP contribution in [-0.2, 0) is 0 Å². The molecule has 2 aromatic rings. The van der Waals surface area contributed by atoms with Crippen molar-refractivity contribution >= 4 is 22.7 Å². The Morgan fingerprint density at radius 3 is 2.47 bits per heavy atom. The summed E-state index contributed by atoms with van der Waals surface area (Å²) in [6.07, 6.45) is 12.6. The van der Waals surface area contributed by atoms with Crippen LogP contribution in [-0.4, -0.2) is 11.0 Å². The van der Waals surface area contributed by atoms with Crippen LogP contribution in [0.4, 0.5) is 5.69 Å². The van der Waals surface area contributed by atoms with Crippen LogP contribution in [0.15, 0.2) is 108 Å².